The van der Waals surface area contributed by atoms with Gasteiger partial charge in [-0.3, -0.25) is 14.2 Å². The maximum absolute atomic E-state index is 13.3. The average molecular weight is 462 g/mol. The molecule has 3 rings (SSSR count). The molecule has 1 saturated carbocycles. The van der Waals surface area contributed by atoms with E-state index in [0.717, 1.165) is 29.8 Å². The lowest BCUT2D eigenvalue weighted by Crippen LogP contribution is -2.34. The molecule has 1 amide bonds. The lowest BCUT2D eigenvalue weighted by Gasteiger charge is -2.23. The molecule has 0 saturated heterocycles. The van der Waals surface area contributed by atoms with Gasteiger partial charge in [0.05, 0.1) is 15.9 Å². The van der Waals surface area contributed by atoms with Gasteiger partial charge in [-0.25, -0.2) is 0 Å². The van der Waals surface area contributed by atoms with Crippen molar-refractivity contribution in [3.63, 3.8) is 0 Å². The average Bonchev–Trinajstić information content (AvgIpc) is 3.33. The van der Waals surface area contributed by atoms with Crippen LogP contribution in [0.1, 0.15) is 60.1 Å². The van der Waals surface area contributed by atoms with Crippen LogP contribution in [0.5, 0.6) is 0 Å². The minimum atomic E-state index is -4.58. The predicted molar refractivity (Wildman–Crippen MR) is 101 cm³/mol. The third-order valence-corrected chi connectivity index (χ3v) is 6.06. The van der Waals surface area contributed by atoms with E-state index in [2.05, 4.69) is 26.1 Å². The molecule has 28 heavy (non-hydrogen) atoms. The molecule has 10 heteroatoms. The first-order valence-electron chi connectivity index (χ1n) is 9.02. The number of aromatic nitrogens is 4. The fraction of sp³-hybridized carbons (Fsp3) is 0.611. The van der Waals surface area contributed by atoms with Crippen LogP contribution in [0.3, 0.4) is 0 Å². The van der Waals surface area contributed by atoms with Crippen molar-refractivity contribution in [2.24, 2.45) is 7.05 Å². The Bertz CT molecular complexity index is 913. The number of halogens is 4. The molecule has 6 nitrogen and oxygen atoms in total. The van der Waals surface area contributed by atoms with Crippen LogP contribution < -0.4 is 0 Å². The lowest BCUT2D eigenvalue weighted by molar-refractivity contribution is -0.143. The molecule has 1 aliphatic carbocycles. The normalized spacial score (nSPS) is 15.8. The summed E-state index contributed by atoms with van der Waals surface area (Å²) < 4.78 is 42.9. The molecule has 1 atom stereocenters. The van der Waals surface area contributed by atoms with Gasteiger partial charge in [-0.2, -0.15) is 23.4 Å². The van der Waals surface area contributed by atoms with E-state index in [9.17, 15) is 18.0 Å². The fourth-order valence-corrected chi connectivity index (χ4v) is 4.22. The quantitative estimate of drug-likeness (QED) is 0.672. The number of amides is 1. The van der Waals surface area contributed by atoms with Crippen LogP contribution in [-0.2, 0) is 24.6 Å². The van der Waals surface area contributed by atoms with Crippen molar-refractivity contribution in [1.29, 1.82) is 0 Å². The largest absolute Gasteiger partial charge is 0.436 e. The van der Waals surface area contributed by atoms with Crippen molar-refractivity contribution in [3.05, 3.63) is 32.8 Å². The molecule has 0 N–H and O–H groups in total. The third kappa shape index (κ3) is 3.70. The molecule has 0 aliphatic heterocycles. The van der Waals surface area contributed by atoms with E-state index < -0.39 is 17.9 Å². The van der Waals surface area contributed by atoms with Crippen LogP contribution in [0.15, 0.2) is 4.47 Å². The summed E-state index contributed by atoms with van der Waals surface area (Å²) in [6, 6.07) is -0.842. The number of likely N-dealkylation sites (N-methyl/N-ethyl adjacent to an activating group) is 1. The highest BCUT2D eigenvalue weighted by atomic mass is 79.9. The van der Waals surface area contributed by atoms with Gasteiger partial charge in [0.2, 0.25) is 5.91 Å². The summed E-state index contributed by atoms with van der Waals surface area (Å²) in [4.78, 5) is 14.5. The van der Waals surface area contributed by atoms with E-state index in [1.165, 1.54) is 9.58 Å². The maximum Gasteiger partial charge on any atom is 0.436 e. The second-order valence-electron chi connectivity index (χ2n) is 7.41. The van der Waals surface area contributed by atoms with Crippen LogP contribution in [-0.4, -0.2) is 37.4 Å². The van der Waals surface area contributed by atoms with Crippen molar-refractivity contribution in [2.75, 3.05) is 7.05 Å². The van der Waals surface area contributed by atoms with Gasteiger partial charge in [0.25, 0.3) is 0 Å². The van der Waals surface area contributed by atoms with Crippen molar-refractivity contribution in [3.8, 4) is 0 Å². The van der Waals surface area contributed by atoms with E-state index in [1.54, 1.807) is 18.7 Å². The van der Waals surface area contributed by atoms with Crippen LogP contribution in [0.4, 0.5) is 13.2 Å². The van der Waals surface area contributed by atoms with Gasteiger partial charge < -0.3 is 4.90 Å². The Morgan fingerprint density at radius 1 is 1.32 bits per heavy atom. The van der Waals surface area contributed by atoms with Gasteiger partial charge in [-0.1, -0.05) is 0 Å². The highest BCUT2D eigenvalue weighted by molar-refractivity contribution is 9.10. The molecule has 2 aromatic heterocycles. The summed E-state index contributed by atoms with van der Waals surface area (Å²) in [5, 5.41) is 8.12. The Morgan fingerprint density at radius 3 is 2.39 bits per heavy atom. The molecule has 0 unspecified atom stereocenters. The molecular weight excluding hydrogens is 439 g/mol. The highest BCUT2D eigenvalue weighted by Crippen LogP contribution is 2.47. The van der Waals surface area contributed by atoms with Crippen LogP contribution in [0.25, 0.3) is 0 Å². The van der Waals surface area contributed by atoms with Gasteiger partial charge in [0, 0.05) is 37.8 Å². The molecule has 2 heterocycles. The molecule has 1 fully saturated rings. The van der Waals surface area contributed by atoms with E-state index in [1.807, 2.05) is 20.9 Å². The first-order chi connectivity index (χ1) is 12.9. The Hall–Kier alpha value is -1.84. The number of hydrogen-bond donors (Lipinski definition) is 0. The molecular formula is C18H23BrF3N5O. The molecule has 0 spiro atoms. The standard InChI is InChI=1S/C18H23BrF3N5O/c1-9-13(10(2)26(5)23-9)8-25(4)17(28)11(3)27-15(12-6-7-12)14(19)16(24-27)18(20,21)22/h11-12H,6-8H2,1-5H3/t11-/m1/s1. The minimum Gasteiger partial charge on any atom is -0.339 e. The van der Waals surface area contributed by atoms with E-state index in [-0.39, 0.29) is 16.3 Å². The molecule has 154 valence electrons. The summed E-state index contributed by atoms with van der Waals surface area (Å²) >= 11 is 3.07. The SMILES string of the molecule is Cc1nn(C)c(C)c1CN(C)C(=O)[C@@H](C)n1nc(C(F)(F)F)c(Br)c1C1CC1. The first-order valence-corrected chi connectivity index (χ1v) is 9.81. The number of nitrogens with zero attached hydrogens (tertiary/aromatic N) is 5. The predicted octanol–water partition coefficient (Wildman–Crippen LogP) is 4.11. The Labute approximate surface area is 169 Å². The lowest BCUT2D eigenvalue weighted by atomic mass is 10.1. The van der Waals surface area contributed by atoms with Gasteiger partial charge in [0.1, 0.15) is 6.04 Å². The molecule has 2 aromatic rings. The zero-order valence-corrected chi connectivity index (χ0v) is 18.0. The summed E-state index contributed by atoms with van der Waals surface area (Å²) in [5.41, 5.74) is 2.19. The molecule has 1 aliphatic rings. The Balaban J connectivity index is 1.89. The zero-order valence-electron chi connectivity index (χ0n) is 16.4. The number of hydrogen-bond acceptors (Lipinski definition) is 3. The van der Waals surface area contributed by atoms with Crippen molar-refractivity contribution in [1.82, 2.24) is 24.5 Å². The number of alkyl halides is 3. The highest BCUT2D eigenvalue weighted by Gasteiger charge is 2.43. The van der Waals surface area contributed by atoms with E-state index in [0.29, 0.717) is 12.2 Å². The second-order valence-corrected chi connectivity index (χ2v) is 8.20. The van der Waals surface area contributed by atoms with Crippen LogP contribution in [0, 0.1) is 13.8 Å². The number of carbonyl (C=O) groups excluding carboxylic acids is 1. The van der Waals surface area contributed by atoms with Gasteiger partial charge in [-0.15, -0.1) is 0 Å². The maximum atomic E-state index is 13.3. The van der Waals surface area contributed by atoms with Gasteiger partial charge >= 0.3 is 6.18 Å². The smallest absolute Gasteiger partial charge is 0.339 e. The summed E-state index contributed by atoms with van der Waals surface area (Å²) in [6.45, 7) is 5.72. The fourth-order valence-electron chi connectivity index (χ4n) is 3.41. The first kappa shape index (κ1) is 20.9. The van der Waals surface area contributed by atoms with Crippen molar-refractivity contribution < 1.29 is 18.0 Å². The number of aryl methyl sites for hydroxylation is 2. The van der Waals surface area contributed by atoms with Crippen LogP contribution in [0.2, 0.25) is 0 Å². The topological polar surface area (TPSA) is 56.0 Å². The third-order valence-electron chi connectivity index (χ3n) is 5.27. The summed E-state index contributed by atoms with van der Waals surface area (Å²) in [5.74, 6) is -0.297. The van der Waals surface area contributed by atoms with E-state index in [4.69, 9.17) is 0 Å². The minimum absolute atomic E-state index is 0.00124. The number of rotatable bonds is 5. The van der Waals surface area contributed by atoms with E-state index >= 15 is 0 Å². The summed E-state index contributed by atoms with van der Waals surface area (Å²) in [7, 11) is 3.48. The Morgan fingerprint density at radius 2 is 1.93 bits per heavy atom. The zero-order chi connectivity index (χ0) is 21.0. The van der Waals surface area contributed by atoms with Gasteiger partial charge in [-0.05, 0) is 49.5 Å². The molecule has 0 radical (unpaired) electrons. The summed E-state index contributed by atoms with van der Waals surface area (Å²) in [6.07, 6.45) is -2.98. The molecule has 0 aromatic carbocycles. The van der Waals surface area contributed by atoms with Crippen molar-refractivity contribution in [2.45, 2.75) is 58.3 Å². The monoisotopic (exact) mass is 461 g/mol. The van der Waals surface area contributed by atoms with Gasteiger partial charge in [0.15, 0.2) is 5.69 Å². The second kappa shape index (κ2) is 7.20. The number of carbonyl (C=O) groups is 1. The molecule has 0 bridgehead atoms. The Kier molecular flexibility index (Phi) is 5.37. The van der Waals surface area contributed by atoms with Crippen molar-refractivity contribution >= 4 is 21.8 Å². The van der Waals surface area contributed by atoms with Crippen LogP contribution >= 0.6 is 15.9 Å².